The van der Waals surface area contributed by atoms with Crippen LogP contribution in [0.3, 0.4) is 0 Å². The Morgan fingerprint density at radius 3 is 2.64 bits per heavy atom. The van der Waals surface area contributed by atoms with Gasteiger partial charge in [-0.05, 0) is 123 Å². The number of fused-ring (bicyclic) bond motifs is 5. The minimum atomic E-state index is -0.123. The van der Waals surface area contributed by atoms with Gasteiger partial charge in [-0.3, -0.25) is 4.79 Å². The summed E-state index contributed by atoms with van der Waals surface area (Å²) in [5.74, 6) is 4.11. The molecule has 1 aliphatic heterocycles. The zero-order chi connectivity index (χ0) is 25.7. The number of carbonyl (C=O) groups is 1. The van der Waals surface area contributed by atoms with Crippen molar-refractivity contribution in [3.63, 3.8) is 0 Å². The molecule has 4 heteroatoms. The summed E-state index contributed by atoms with van der Waals surface area (Å²) in [6.45, 7) is 11.6. The van der Waals surface area contributed by atoms with Crippen molar-refractivity contribution in [3.8, 4) is 0 Å². The predicted molar refractivity (Wildman–Crippen MR) is 145 cm³/mol. The molecule has 0 aromatic carbocycles. The Labute approximate surface area is 220 Å². The molecule has 4 fully saturated rings. The van der Waals surface area contributed by atoms with E-state index in [0.717, 1.165) is 75.3 Å². The molecule has 0 spiro atoms. The van der Waals surface area contributed by atoms with Crippen LogP contribution in [-0.2, 0) is 4.79 Å². The second-order valence-electron chi connectivity index (χ2n) is 14.6. The normalized spacial score (nSPS) is 45.7. The molecule has 1 amide bonds. The minimum Gasteiger partial charge on any atom is -0.396 e. The Morgan fingerprint density at radius 2 is 1.86 bits per heavy atom. The lowest BCUT2D eigenvalue weighted by molar-refractivity contribution is -0.131. The van der Waals surface area contributed by atoms with Gasteiger partial charge in [0.05, 0.1) is 6.10 Å². The molecule has 36 heavy (non-hydrogen) atoms. The van der Waals surface area contributed by atoms with Crippen LogP contribution < -0.4 is 0 Å². The Hall–Kier alpha value is -0.870. The SMILES string of the molecule is CC(CCC(=O)N1CCCC(C)(CO)CC1)[C@H]1CC[C@H]2[C@@H]3CC=C4C[C@@H](O)CC[C@]4(C)[C@H]3CC[C@]12C. The summed E-state index contributed by atoms with van der Waals surface area (Å²) >= 11 is 0. The van der Waals surface area contributed by atoms with E-state index in [1.165, 1.54) is 38.5 Å². The van der Waals surface area contributed by atoms with E-state index >= 15 is 0 Å². The van der Waals surface area contributed by atoms with Crippen molar-refractivity contribution in [3.05, 3.63) is 11.6 Å². The lowest BCUT2D eigenvalue weighted by atomic mass is 9.47. The molecule has 1 heterocycles. The second kappa shape index (κ2) is 10.0. The van der Waals surface area contributed by atoms with Crippen molar-refractivity contribution in [2.45, 2.75) is 117 Å². The summed E-state index contributed by atoms with van der Waals surface area (Å²) in [6.07, 6.45) is 16.8. The molecular weight excluding hydrogens is 446 g/mol. The molecule has 2 N–H and O–H groups in total. The molecule has 4 aliphatic carbocycles. The number of allylic oxidation sites excluding steroid dienone is 1. The van der Waals surface area contributed by atoms with E-state index in [4.69, 9.17) is 0 Å². The molecule has 1 saturated heterocycles. The molecular formula is C32H53NO3. The van der Waals surface area contributed by atoms with Crippen molar-refractivity contribution in [1.82, 2.24) is 4.90 Å². The number of carbonyl (C=O) groups excluding carboxylic acids is 1. The van der Waals surface area contributed by atoms with Gasteiger partial charge in [-0.2, -0.15) is 0 Å². The average Bonchev–Trinajstić information content (AvgIpc) is 3.09. The maximum absolute atomic E-state index is 13.2. The van der Waals surface area contributed by atoms with Crippen LogP contribution in [0.15, 0.2) is 11.6 Å². The Morgan fingerprint density at radius 1 is 1.06 bits per heavy atom. The van der Waals surface area contributed by atoms with Crippen LogP contribution in [0.2, 0.25) is 0 Å². The fourth-order valence-corrected chi connectivity index (χ4v) is 10.1. The van der Waals surface area contributed by atoms with E-state index in [0.29, 0.717) is 29.1 Å². The third-order valence-corrected chi connectivity index (χ3v) is 12.6. The third-order valence-electron chi connectivity index (χ3n) is 12.6. The Bertz CT molecular complexity index is 854. The van der Waals surface area contributed by atoms with Crippen LogP contribution in [0, 0.1) is 45.8 Å². The standard InChI is InChI=1S/C32H53NO3/c1-22(6-11-29(36)33-18-5-14-30(2,21-34)17-19-33)26-9-10-27-25-8-7-23-20-24(35)12-15-31(23,3)28(25)13-16-32(26,27)4/h7,22,24-28,34-35H,5-6,8-21H2,1-4H3/t22?,24-,25-,26+,27-,28-,30?,31-,32+/m0/s1. The molecule has 3 saturated carbocycles. The molecule has 2 unspecified atom stereocenters. The number of amides is 1. The average molecular weight is 500 g/mol. The van der Waals surface area contributed by atoms with Crippen LogP contribution in [-0.4, -0.2) is 46.8 Å². The van der Waals surface area contributed by atoms with Gasteiger partial charge in [0, 0.05) is 26.1 Å². The van der Waals surface area contributed by atoms with Gasteiger partial charge in [0.2, 0.25) is 5.91 Å². The second-order valence-corrected chi connectivity index (χ2v) is 14.6. The van der Waals surface area contributed by atoms with E-state index in [2.05, 4.69) is 38.7 Å². The number of rotatable bonds is 5. The molecule has 0 aromatic heterocycles. The molecule has 0 aromatic rings. The van der Waals surface area contributed by atoms with Gasteiger partial charge in [-0.1, -0.05) is 39.3 Å². The summed E-state index contributed by atoms with van der Waals surface area (Å²) < 4.78 is 0. The molecule has 0 bridgehead atoms. The van der Waals surface area contributed by atoms with Crippen LogP contribution in [0.5, 0.6) is 0 Å². The van der Waals surface area contributed by atoms with E-state index in [1.54, 1.807) is 5.57 Å². The third kappa shape index (κ3) is 4.61. The number of aliphatic hydroxyl groups is 2. The zero-order valence-electron chi connectivity index (χ0n) is 23.6. The predicted octanol–water partition coefficient (Wildman–Crippen LogP) is 6.35. The van der Waals surface area contributed by atoms with Crippen molar-refractivity contribution < 1.29 is 15.0 Å². The van der Waals surface area contributed by atoms with Gasteiger partial charge in [-0.25, -0.2) is 0 Å². The molecule has 9 atom stereocenters. The van der Waals surface area contributed by atoms with Gasteiger partial charge in [-0.15, -0.1) is 0 Å². The summed E-state index contributed by atoms with van der Waals surface area (Å²) in [5, 5.41) is 20.0. The number of hydrogen-bond donors (Lipinski definition) is 2. The number of likely N-dealkylation sites (tertiary alicyclic amines) is 1. The van der Waals surface area contributed by atoms with Crippen LogP contribution in [0.25, 0.3) is 0 Å². The summed E-state index contributed by atoms with van der Waals surface area (Å²) in [6, 6.07) is 0. The Kier molecular flexibility index (Phi) is 7.44. The van der Waals surface area contributed by atoms with Gasteiger partial charge in [0.25, 0.3) is 0 Å². The molecule has 5 rings (SSSR count). The van der Waals surface area contributed by atoms with Crippen LogP contribution >= 0.6 is 0 Å². The lowest BCUT2D eigenvalue weighted by Crippen LogP contribution is -2.50. The first-order valence-corrected chi connectivity index (χ1v) is 15.4. The highest BCUT2D eigenvalue weighted by molar-refractivity contribution is 5.76. The molecule has 204 valence electrons. The van der Waals surface area contributed by atoms with Gasteiger partial charge >= 0.3 is 0 Å². The van der Waals surface area contributed by atoms with Crippen molar-refractivity contribution in [2.75, 3.05) is 19.7 Å². The van der Waals surface area contributed by atoms with Crippen molar-refractivity contribution in [2.24, 2.45) is 45.8 Å². The van der Waals surface area contributed by atoms with Gasteiger partial charge < -0.3 is 15.1 Å². The van der Waals surface area contributed by atoms with E-state index in [1.807, 2.05) is 0 Å². The fourth-order valence-electron chi connectivity index (χ4n) is 10.1. The first-order valence-electron chi connectivity index (χ1n) is 15.4. The highest BCUT2D eigenvalue weighted by Gasteiger charge is 2.59. The highest BCUT2D eigenvalue weighted by Crippen LogP contribution is 2.67. The molecule has 5 aliphatic rings. The van der Waals surface area contributed by atoms with Crippen LogP contribution in [0.4, 0.5) is 0 Å². The zero-order valence-corrected chi connectivity index (χ0v) is 23.6. The smallest absolute Gasteiger partial charge is 0.222 e. The quantitative estimate of drug-likeness (QED) is 0.433. The van der Waals surface area contributed by atoms with Crippen molar-refractivity contribution in [1.29, 1.82) is 0 Å². The maximum atomic E-state index is 13.2. The molecule has 0 radical (unpaired) electrons. The van der Waals surface area contributed by atoms with E-state index < -0.39 is 0 Å². The summed E-state index contributed by atoms with van der Waals surface area (Å²) in [4.78, 5) is 15.2. The van der Waals surface area contributed by atoms with Gasteiger partial charge in [0.15, 0.2) is 0 Å². The largest absolute Gasteiger partial charge is 0.396 e. The maximum Gasteiger partial charge on any atom is 0.222 e. The number of hydrogen-bond acceptors (Lipinski definition) is 3. The summed E-state index contributed by atoms with van der Waals surface area (Å²) in [7, 11) is 0. The van der Waals surface area contributed by atoms with Crippen LogP contribution in [0.1, 0.15) is 111 Å². The number of aliphatic hydroxyl groups excluding tert-OH is 2. The Balaban J connectivity index is 1.20. The highest BCUT2D eigenvalue weighted by atomic mass is 16.3. The minimum absolute atomic E-state index is 0.0157. The van der Waals surface area contributed by atoms with Gasteiger partial charge in [0.1, 0.15) is 0 Å². The molecule has 4 nitrogen and oxygen atoms in total. The van der Waals surface area contributed by atoms with Crippen molar-refractivity contribution >= 4 is 5.91 Å². The number of nitrogens with zero attached hydrogens (tertiary/aromatic N) is 1. The first kappa shape index (κ1) is 26.7. The van der Waals surface area contributed by atoms with E-state index in [9.17, 15) is 15.0 Å². The monoisotopic (exact) mass is 499 g/mol. The van der Waals surface area contributed by atoms with E-state index in [-0.39, 0.29) is 18.1 Å². The first-order chi connectivity index (χ1) is 17.1. The topological polar surface area (TPSA) is 60.8 Å². The summed E-state index contributed by atoms with van der Waals surface area (Å²) in [5.41, 5.74) is 2.29. The lowest BCUT2D eigenvalue weighted by Gasteiger charge is -2.58. The fraction of sp³-hybridized carbons (Fsp3) is 0.906.